The summed E-state index contributed by atoms with van der Waals surface area (Å²) in [6.45, 7) is 7.60. The number of hydrogen-bond donors (Lipinski definition) is 7. The number of amides is 3. The average molecular weight is 488 g/mol. The lowest BCUT2D eigenvalue weighted by Gasteiger charge is -2.27. The molecular formula is C22H41N5O7. The van der Waals surface area contributed by atoms with Crippen LogP contribution in [0.15, 0.2) is 0 Å². The zero-order chi connectivity index (χ0) is 26.4. The minimum atomic E-state index is -1.41. The van der Waals surface area contributed by atoms with Gasteiger partial charge in [-0.3, -0.25) is 19.2 Å². The highest BCUT2D eigenvalue weighted by Crippen LogP contribution is 2.10. The van der Waals surface area contributed by atoms with Crippen molar-refractivity contribution in [3.8, 4) is 0 Å². The van der Waals surface area contributed by atoms with Crippen LogP contribution in [0.3, 0.4) is 0 Å². The van der Waals surface area contributed by atoms with Crippen molar-refractivity contribution in [2.45, 2.75) is 90.4 Å². The van der Waals surface area contributed by atoms with Gasteiger partial charge in [0.25, 0.3) is 0 Å². The molecule has 34 heavy (non-hydrogen) atoms. The Morgan fingerprint density at radius 1 is 0.794 bits per heavy atom. The monoisotopic (exact) mass is 487 g/mol. The molecule has 196 valence electrons. The molecule has 0 radical (unpaired) electrons. The minimum absolute atomic E-state index is 0.0265. The van der Waals surface area contributed by atoms with Crippen LogP contribution in [0, 0.1) is 11.8 Å². The highest BCUT2D eigenvalue weighted by molar-refractivity contribution is 5.94. The van der Waals surface area contributed by atoms with E-state index in [1.807, 2.05) is 13.8 Å². The number of unbranched alkanes of at least 4 members (excludes halogenated alkanes) is 1. The van der Waals surface area contributed by atoms with Gasteiger partial charge in [-0.15, -0.1) is 0 Å². The molecule has 0 aliphatic carbocycles. The maximum atomic E-state index is 13.0. The van der Waals surface area contributed by atoms with E-state index in [1.54, 1.807) is 13.8 Å². The highest BCUT2D eigenvalue weighted by Gasteiger charge is 2.32. The molecule has 0 heterocycles. The summed E-state index contributed by atoms with van der Waals surface area (Å²) in [5.74, 6) is -4.74. The van der Waals surface area contributed by atoms with Gasteiger partial charge in [0.2, 0.25) is 17.7 Å². The molecule has 0 aliphatic rings. The fraction of sp³-hybridized carbons (Fsp3) is 0.773. The lowest BCUT2D eigenvalue weighted by atomic mass is 9.99. The van der Waals surface area contributed by atoms with Gasteiger partial charge in [-0.25, -0.2) is 4.79 Å². The van der Waals surface area contributed by atoms with Crippen LogP contribution in [0.2, 0.25) is 0 Å². The molecule has 0 fully saturated rings. The molecule has 3 amide bonds. The quantitative estimate of drug-likeness (QED) is 0.132. The summed E-state index contributed by atoms with van der Waals surface area (Å²) in [4.78, 5) is 60.4. The number of carbonyl (C=O) groups is 5. The van der Waals surface area contributed by atoms with Crippen molar-refractivity contribution in [1.29, 1.82) is 0 Å². The third-order valence-corrected chi connectivity index (χ3v) is 5.15. The van der Waals surface area contributed by atoms with Crippen molar-refractivity contribution in [3.05, 3.63) is 0 Å². The first-order valence-electron chi connectivity index (χ1n) is 11.6. The third kappa shape index (κ3) is 12.5. The lowest BCUT2D eigenvalue weighted by molar-refractivity contribution is -0.143. The maximum Gasteiger partial charge on any atom is 0.326 e. The predicted molar refractivity (Wildman–Crippen MR) is 125 cm³/mol. The van der Waals surface area contributed by atoms with Crippen LogP contribution < -0.4 is 27.4 Å². The van der Waals surface area contributed by atoms with Gasteiger partial charge in [-0.2, -0.15) is 0 Å². The van der Waals surface area contributed by atoms with Gasteiger partial charge in [-0.05, 0) is 44.1 Å². The van der Waals surface area contributed by atoms with Crippen LogP contribution in [0.1, 0.15) is 66.2 Å². The van der Waals surface area contributed by atoms with E-state index in [9.17, 15) is 29.1 Å². The van der Waals surface area contributed by atoms with E-state index in [-0.39, 0.29) is 24.7 Å². The molecule has 0 spiro atoms. The van der Waals surface area contributed by atoms with Crippen molar-refractivity contribution < 1.29 is 34.2 Å². The summed E-state index contributed by atoms with van der Waals surface area (Å²) < 4.78 is 0. The Hall–Kier alpha value is -2.73. The fourth-order valence-electron chi connectivity index (χ4n) is 3.20. The molecule has 0 aromatic heterocycles. The van der Waals surface area contributed by atoms with Gasteiger partial charge < -0.3 is 37.6 Å². The Bertz CT molecular complexity index is 699. The Kier molecular flexibility index (Phi) is 14.7. The topological polar surface area (TPSA) is 214 Å². The summed E-state index contributed by atoms with van der Waals surface area (Å²) in [6, 6.07) is -4.25. The zero-order valence-corrected chi connectivity index (χ0v) is 20.5. The number of rotatable bonds is 17. The number of aliphatic carboxylic acids is 2. The average Bonchev–Trinajstić information content (AvgIpc) is 2.72. The van der Waals surface area contributed by atoms with Gasteiger partial charge in [0.15, 0.2) is 0 Å². The first kappa shape index (κ1) is 31.3. The van der Waals surface area contributed by atoms with E-state index in [0.717, 1.165) is 6.42 Å². The number of hydrogen-bond acceptors (Lipinski definition) is 7. The SMILES string of the molecule is CC(C)CC(NC(=O)C(NC(=O)C(N)CCCCN)C(C)C)C(=O)NC(CCC(=O)O)C(=O)O. The molecule has 9 N–H and O–H groups in total. The van der Waals surface area contributed by atoms with Crippen LogP contribution in [-0.4, -0.2) is 70.6 Å². The predicted octanol–water partition coefficient (Wildman–Crippen LogP) is -0.451. The van der Waals surface area contributed by atoms with Crippen LogP contribution >= 0.6 is 0 Å². The normalized spacial score (nSPS) is 14.7. The number of nitrogens with one attached hydrogen (secondary N) is 3. The van der Waals surface area contributed by atoms with Crippen molar-refractivity contribution in [2.24, 2.45) is 23.3 Å². The van der Waals surface area contributed by atoms with E-state index in [0.29, 0.717) is 19.4 Å². The molecule has 0 saturated heterocycles. The highest BCUT2D eigenvalue weighted by atomic mass is 16.4. The Morgan fingerprint density at radius 3 is 1.85 bits per heavy atom. The number of carboxylic acid groups (broad SMARTS) is 2. The smallest absolute Gasteiger partial charge is 0.326 e. The summed E-state index contributed by atoms with van der Waals surface area (Å²) in [6.07, 6.45) is 1.29. The zero-order valence-electron chi connectivity index (χ0n) is 20.5. The van der Waals surface area contributed by atoms with E-state index in [4.69, 9.17) is 16.6 Å². The van der Waals surface area contributed by atoms with E-state index >= 15 is 0 Å². The van der Waals surface area contributed by atoms with Gasteiger partial charge in [-0.1, -0.05) is 34.1 Å². The fourth-order valence-corrected chi connectivity index (χ4v) is 3.20. The van der Waals surface area contributed by atoms with Gasteiger partial charge in [0.05, 0.1) is 6.04 Å². The van der Waals surface area contributed by atoms with Gasteiger partial charge >= 0.3 is 11.9 Å². The van der Waals surface area contributed by atoms with Gasteiger partial charge in [0.1, 0.15) is 18.1 Å². The van der Waals surface area contributed by atoms with E-state index in [2.05, 4.69) is 16.0 Å². The molecule has 4 unspecified atom stereocenters. The van der Waals surface area contributed by atoms with Crippen molar-refractivity contribution in [1.82, 2.24) is 16.0 Å². The third-order valence-electron chi connectivity index (χ3n) is 5.15. The molecule has 0 bridgehead atoms. The van der Waals surface area contributed by atoms with Crippen molar-refractivity contribution in [2.75, 3.05) is 6.54 Å². The molecule has 0 aromatic carbocycles. The summed E-state index contributed by atoms with van der Waals surface area (Å²) in [5.41, 5.74) is 11.4. The van der Waals surface area contributed by atoms with Crippen LogP contribution in [0.5, 0.6) is 0 Å². The Labute approximate surface area is 200 Å². The minimum Gasteiger partial charge on any atom is -0.481 e. The molecule has 4 atom stereocenters. The second-order valence-electron chi connectivity index (χ2n) is 9.14. The molecule has 0 rings (SSSR count). The van der Waals surface area contributed by atoms with Crippen molar-refractivity contribution in [3.63, 3.8) is 0 Å². The largest absolute Gasteiger partial charge is 0.481 e. The summed E-state index contributed by atoms with van der Waals surface area (Å²) >= 11 is 0. The van der Waals surface area contributed by atoms with Crippen LogP contribution in [-0.2, 0) is 24.0 Å². The molecule has 12 heteroatoms. The molecule has 12 nitrogen and oxygen atoms in total. The maximum absolute atomic E-state index is 13.0. The Morgan fingerprint density at radius 2 is 1.38 bits per heavy atom. The van der Waals surface area contributed by atoms with Crippen LogP contribution in [0.25, 0.3) is 0 Å². The molecular weight excluding hydrogens is 446 g/mol. The number of carboxylic acids is 2. The molecule has 0 aliphatic heterocycles. The standard InChI is InChI=1S/C22H41N5O7/c1-12(2)11-16(20(31)25-15(22(33)34)8-9-17(28)29)26-21(32)18(13(3)4)27-19(30)14(24)7-5-6-10-23/h12-16,18H,5-11,23-24H2,1-4H3,(H,25,31)(H,26,32)(H,27,30)(H,28,29)(H,33,34). The van der Waals surface area contributed by atoms with E-state index < -0.39 is 60.2 Å². The van der Waals surface area contributed by atoms with Gasteiger partial charge in [0, 0.05) is 6.42 Å². The lowest BCUT2D eigenvalue weighted by Crippen LogP contribution is -2.58. The first-order chi connectivity index (χ1) is 15.8. The molecule has 0 aromatic rings. The second-order valence-corrected chi connectivity index (χ2v) is 9.14. The van der Waals surface area contributed by atoms with Crippen molar-refractivity contribution >= 4 is 29.7 Å². The molecule has 0 saturated carbocycles. The van der Waals surface area contributed by atoms with Crippen LogP contribution in [0.4, 0.5) is 0 Å². The Balaban J connectivity index is 5.36. The first-order valence-corrected chi connectivity index (χ1v) is 11.6. The number of nitrogens with two attached hydrogens (primary N) is 2. The number of carbonyl (C=O) groups excluding carboxylic acids is 3. The summed E-state index contributed by atoms with van der Waals surface area (Å²) in [7, 11) is 0. The summed E-state index contributed by atoms with van der Waals surface area (Å²) in [5, 5.41) is 25.6. The second kappa shape index (κ2) is 16.0. The van der Waals surface area contributed by atoms with E-state index in [1.165, 1.54) is 0 Å².